The van der Waals surface area contributed by atoms with Crippen LogP contribution in [0.2, 0.25) is 0 Å². The molecule has 4 rings (SSSR count). The van der Waals surface area contributed by atoms with Gasteiger partial charge >= 0.3 is 12.3 Å². The summed E-state index contributed by atoms with van der Waals surface area (Å²) in [6.07, 6.45) is -6.08. The molecule has 3 aromatic rings. The first-order chi connectivity index (χ1) is 14.9. The second-order valence-corrected chi connectivity index (χ2v) is 7.41. The summed E-state index contributed by atoms with van der Waals surface area (Å²) < 4.78 is 72.0. The van der Waals surface area contributed by atoms with E-state index in [0.29, 0.717) is 5.56 Å². The van der Waals surface area contributed by atoms with Crippen LogP contribution in [0.4, 0.5) is 26.7 Å². The Hall–Kier alpha value is -3.63. The molecule has 1 aromatic heterocycles. The van der Waals surface area contributed by atoms with Gasteiger partial charge in [0.05, 0.1) is 25.2 Å². The Labute approximate surface area is 177 Å². The molecule has 0 aliphatic carbocycles. The van der Waals surface area contributed by atoms with Gasteiger partial charge in [-0.2, -0.15) is 13.2 Å². The maximum absolute atomic E-state index is 13.6. The smallest absolute Gasteiger partial charge is 0.420 e. The summed E-state index contributed by atoms with van der Waals surface area (Å²) in [7, 11) is 0. The van der Waals surface area contributed by atoms with Crippen LogP contribution in [-0.2, 0) is 12.7 Å². The molecule has 1 saturated heterocycles. The zero-order valence-corrected chi connectivity index (χ0v) is 16.2. The number of hydrogen-bond acceptors (Lipinski definition) is 3. The van der Waals surface area contributed by atoms with Crippen LogP contribution in [0.1, 0.15) is 21.7 Å². The summed E-state index contributed by atoms with van der Waals surface area (Å²) in [5.41, 5.74) is -0.748. The van der Waals surface area contributed by atoms with Gasteiger partial charge in [0, 0.05) is 10.9 Å². The molecule has 1 aliphatic rings. The Balaban J connectivity index is 1.66. The van der Waals surface area contributed by atoms with E-state index in [-0.39, 0.29) is 28.8 Å². The summed E-state index contributed by atoms with van der Waals surface area (Å²) in [6.45, 7) is -1.64. The third-order valence-corrected chi connectivity index (χ3v) is 4.98. The highest BCUT2D eigenvalue weighted by molar-refractivity contribution is 5.95. The fraction of sp³-hybridized carbons (Fsp3) is 0.238. The minimum Gasteiger partial charge on any atom is -0.465 e. The Morgan fingerprint density at radius 2 is 1.72 bits per heavy atom. The van der Waals surface area contributed by atoms with Gasteiger partial charge < -0.3 is 19.7 Å². The van der Waals surface area contributed by atoms with Gasteiger partial charge in [-0.3, -0.25) is 4.79 Å². The lowest BCUT2D eigenvalue weighted by Crippen LogP contribution is -2.58. The van der Waals surface area contributed by atoms with Gasteiger partial charge in [0.2, 0.25) is 0 Å². The van der Waals surface area contributed by atoms with Crippen molar-refractivity contribution >= 4 is 23.0 Å². The third kappa shape index (κ3) is 4.23. The standard InChI is InChI=1S/C21H15F5N2O4/c22-20(23)9-28(10-20)18(29)12-3-1-11(2-4-12)13-5-14-6-15(8-27-19(30)31)32-17(14)16(7-13)21(24,25)26/h1-7,27H,8-10H2,(H,30,31). The highest BCUT2D eigenvalue weighted by Gasteiger charge is 2.46. The molecule has 0 radical (unpaired) electrons. The van der Waals surface area contributed by atoms with E-state index in [4.69, 9.17) is 9.52 Å². The van der Waals surface area contributed by atoms with E-state index in [0.717, 1.165) is 11.0 Å². The van der Waals surface area contributed by atoms with Crippen molar-refractivity contribution in [3.63, 3.8) is 0 Å². The lowest BCUT2D eigenvalue weighted by Gasteiger charge is -2.38. The predicted octanol–water partition coefficient (Wildman–Crippen LogP) is 4.98. The molecule has 0 spiro atoms. The van der Waals surface area contributed by atoms with Gasteiger partial charge in [0.25, 0.3) is 11.8 Å². The number of likely N-dealkylation sites (tertiary alicyclic amines) is 1. The minimum atomic E-state index is -4.73. The van der Waals surface area contributed by atoms with E-state index < -0.39 is 48.3 Å². The minimum absolute atomic E-state index is 0.0114. The largest absolute Gasteiger partial charge is 0.465 e. The fourth-order valence-electron chi connectivity index (χ4n) is 3.48. The number of carbonyl (C=O) groups excluding carboxylic acids is 1. The van der Waals surface area contributed by atoms with Crippen LogP contribution in [0.5, 0.6) is 0 Å². The number of halogens is 5. The van der Waals surface area contributed by atoms with Gasteiger partial charge in [-0.25, -0.2) is 13.6 Å². The number of carbonyl (C=O) groups is 2. The summed E-state index contributed by atoms with van der Waals surface area (Å²) in [4.78, 5) is 23.8. The van der Waals surface area contributed by atoms with E-state index in [1.807, 2.05) is 5.32 Å². The normalized spacial score (nSPS) is 15.5. The molecule has 0 saturated carbocycles. The van der Waals surface area contributed by atoms with E-state index >= 15 is 0 Å². The molecule has 2 N–H and O–H groups in total. The van der Waals surface area contributed by atoms with E-state index in [1.165, 1.54) is 36.4 Å². The molecule has 0 atom stereocenters. The third-order valence-electron chi connectivity index (χ3n) is 4.98. The summed E-state index contributed by atoms with van der Waals surface area (Å²) in [5, 5.41) is 10.8. The number of nitrogens with zero attached hydrogens (tertiary/aromatic N) is 1. The molecule has 2 aromatic carbocycles. The van der Waals surface area contributed by atoms with Crippen molar-refractivity contribution in [3.05, 3.63) is 59.4 Å². The molecule has 2 heterocycles. The second kappa shape index (κ2) is 7.50. The SMILES string of the molecule is O=C(O)NCc1cc2cc(-c3ccc(C(=O)N4CC(F)(F)C4)cc3)cc(C(F)(F)F)c2o1. The van der Waals surface area contributed by atoms with Crippen molar-refractivity contribution in [2.24, 2.45) is 0 Å². The molecule has 6 nitrogen and oxygen atoms in total. The summed E-state index contributed by atoms with van der Waals surface area (Å²) in [5.74, 6) is -3.47. The van der Waals surface area contributed by atoms with E-state index in [1.54, 1.807) is 0 Å². The van der Waals surface area contributed by atoms with Crippen molar-refractivity contribution in [2.45, 2.75) is 18.6 Å². The molecule has 0 unspecified atom stereocenters. The second-order valence-electron chi connectivity index (χ2n) is 7.41. The van der Waals surface area contributed by atoms with Gasteiger partial charge in [-0.05, 0) is 41.5 Å². The van der Waals surface area contributed by atoms with Crippen LogP contribution in [0, 0.1) is 0 Å². The maximum Gasteiger partial charge on any atom is 0.420 e. The molecule has 2 amide bonds. The number of rotatable bonds is 4. The number of hydrogen-bond donors (Lipinski definition) is 2. The fourth-order valence-corrected chi connectivity index (χ4v) is 3.48. The van der Waals surface area contributed by atoms with Crippen LogP contribution >= 0.6 is 0 Å². The molecule has 1 aliphatic heterocycles. The average Bonchev–Trinajstić information content (AvgIpc) is 3.11. The van der Waals surface area contributed by atoms with E-state index in [9.17, 15) is 31.5 Å². The van der Waals surface area contributed by atoms with Crippen LogP contribution in [0.15, 0.2) is 46.9 Å². The highest BCUT2D eigenvalue weighted by Crippen LogP contribution is 2.39. The number of furan rings is 1. The Morgan fingerprint density at radius 3 is 2.28 bits per heavy atom. The Bertz CT molecular complexity index is 1190. The topological polar surface area (TPSA) is 82.8 Å². The number of nitrogens with one attached hydrogen (secondary N) is 1. The lowest BCUT2D eigenvalue weighted by molar-refractivity contribution is -0.136. The first-order valence-electron chi connectivity index (χ1n) is 9.31. The van der Waals surface area contributed by atoms with Crippen molar-refractivity contribution in [3.8, 4) is 11.1 Å². The molecule has 0 bridgehead atoms. The molecular formula is C21H15F5N2O4. The maximum atomic E-state index is 13.6. The number of benzene rings is 2. The van der Waals surface area contributed by atoms with Crippen molar-refractivity contribution < 1.29 is 41.1 Å². The van der Waals surface area contributed by atoms with E-state index in [2.05, 4.69) is 0 Å². The zero-order chi connectivity index (χ0) is 23.3. The van der Waals surface area contributed by atoms with Crippen LogP contribution in [0.3, 0.4) is 0 Å². The monoisotopic (exact) mass is 454 g/mol. The quantitative estimate of drug-likeness (QED) is 0.545. The van der Waals surface area contributed by atoms with Gasteiger partial charge in [-0.15, -0.1) is 0 Å². The predicted molar refractivity (Wildman–Crippen MR) is 102 cm³/mol. The van der Waals surface area contributed by atoms with Crippen LogP contribution in [-0.4, -0.2) is 41.0 Å². The molecule has 1 fully saturated rings. The highest BCUT2D eigenvalue weighted by atomic mass is 19.4. The first kappa shape index (κ1) is 21.6. The molecular weight excluding hydrogens is 439 g/mol. The summed E-state index contributed by atoms with van der Waals surface area (Å²) in [6, 6.07) is 9.25. The Morgan fingerprint density at radius 1 is 1.06 bits per heavy atom. The van der Waals surface area contributed by atoms with Gasteiger partial charge in [0.1, 0.15) is 11.3 Å². The lowest BCUT2D eigenvalue weighted by atomic mass is 9.98. The van der Waals surface area contributed by atoms with Crippen LogP contribution < -0.4 is 5.32 Å². The number of carboxylic acid groups (broad SMARTS) is 1. The first-order valence-corrected chi connectivity index (χ1v) is 9.31. The average molecular weight is 454 g/mol. The Kier molecular flexibility index (Phi) is 5.06. The number of amides is 2. The number of fused-ring (bicyclic) bond motifs is 1. The zero-order valence-electron chi connectivity index (χ0n) is 16.2. The van der Waals surface area contributed by atoms with Crippen molar-refractivity contribution in [2.75, 3.05) is 13.1 Å². The van der Waals surface area contributed by atoms with Crippen molar-refractivity contribution in [1.29, 1.82) is 0 Å². The van der Waals surface area contributed by atoms with Gasteiger partial charge in [0.15, 0.2) is 0 Å². The number of alkyl halides is 5. The molecule has 32 heavy (non-hydrogen) atoms. The molecule has 168 valence electrons. The van der Waals surface area contributed by atoms with Crippen molar-refractivity contribution in [1.82, 2.24) is 10.2 Å². The van der Waals surface area contributed by atoms with Crippen LogP contribution in [0.25, 0.3) is 22.1 Å². The summed E-state index contributed by atoms with van der Waals surface area (Å²) >= 11 is 0. The van der Waals surface area contributed by atoms with Gasteiger partial charge in [-0.1, -0.05) is 12.1 Å². The molecule has 11 heteroatoms.